The summed E-state index contributed by atoms with van der Waals surface area (Å²) in [4.78, 5) is 0. The van der Waals surface area contributed by atoms with Gasteiger partial charge in [0.25, 0.3) is 0 Å². The SMILES string of the molecule is CCC1COCC1S(=O)(=O)F. The highest BCUT2D eigenvalue weighted by molar-refractivity contribution is 7.87. The molecule has 2 unspecified atom stereocenters. The largest absolute Gasteiger partial charge is 0.380 e. The monoisotopic (exact) mass is 182 g/mol. The van der Waals surface area contributed by atoms with Crippen LogP contribution in [0.4, 0.5) is 3.89 Å². The first-order valence-electron chi connectivity index (χ1n) is 3.57. The third-order valence-electron chi connectivity index (χ3n) is 2.03. The number of rotatable bonds is 2. The number of halogens is 1. The van der Waals surface area contributed by atoms with Crippen LogP contribution in [-0.4, -0.2) is 26.9 Å². The van der Waals surface area contributed by atoms with Gasteiger partial charge in [0, 0.05) is 5.92 Å². The van der Waals surface area contributed by atoms with Gasteiger partial charge in [-0.25, -0.2) is 0 Å². The molecule has 1 saturated heterocycles. The summed E-state index contributed by atoms with van der Waals surface area (Å²) in [5, 5.41) is -0.924. The molecule has 0 bridgehead atoms. The Balaban J connectivity index is 2.72. The summed E-state index contributed by atoms with van der Waals surface area (Å²) in [6.07, 6.45) is 0.647. The summed E-state index contributed by atoms with van der Waals surface area (Å²) in [6, 6.07) is 0. The average Bonchev–Trinajstić information content (AvgIpc) is 2.31. The zero-order valence-electron chi connectivity index (χ0n) is 6.29. The van der Waals surface area contributed by atoms with Gasteiger partial charge >= 0.3 is 10.2 Å². The first kappa shape index (κ1) is 8.93. The minimum Gasteiger partial charge on any atom is -0.380 e. The minimum absolute atomic E-state index is 0.0112. The second kappa shape index (κ2) is 3.06. The van der Waals surface area contributed by atoms with Crippen molar-refractivity contribution in [1.82, 2.24) is 0 Å². The lowest BCUT2D eigenvalue weighted by molar-refractivity contribution is 0.185. The Morgan fingerprint density at radius 3 is 2.55 bits per heavy atom. The molecule has 0 aromatic carbocycles. The summed E-state index contributed by atoms with van der Waals surface area (Å²) < 4.78 is 38.2. The number of hydrogen-bond acceptors (Lipinski definition) is 3. The lowest BCUT2D eigenvalue weighted by atomic mass is 10.1. The van der Waals surface area contributed by atoms with Crippen molar-refractivity contribution in [2.24, 2.45) is 5.92 Å². The normalized spacial score (nSPS) is 32.5. The molecule has 0 aliphatic carbocycles. The van der Waals surface area contributed by atoms with Crippen LogP contribution in [0.15, 0.2) is 0 Å². The fourth-order valence-electron chi connectivity index (χ4n) is 1.27. The van der Waals surface area contributed by atoms with Gasteiger partial charge in [-0.05, 0) is 6.42 Å². The van der Waals surface area contributed by atoms with Gasteiger partial charge in [0.05, 0.1) is 13.2 Å². The molecule has 0 aromatic heterocycles. The predicted octanol–water partition coefficient (Wildman–Crippen LogP) is 0.711. The van der Waals surface area contributed by atoms with Crippen molar-refractivity contribution in [3.05, 3.63) is 0 Å². The lowest BCUT2D eigenvalue weighted by Crippen LogP contribution is -2.25. The van der Waals surface area contributed by atoms with E-state index in [1.54, 1.807) is 0 Å². The van der Waals surface area contributed by atoms with Crippen LogP contribution in [0, 0.1) is 5.92 Å². The highest BCUT2D eigenvalue weighted by atomic mass is 32.3. The first-order valence-corrected chi connectivity index (χ1v) is 5.01. The molecule has 5 heteroatoms. The maximum atomic E-state index is 12.4. The third-order valence-corrected chi connectivity index (χ3v) is 3.27. The Labute approximate surface area is 65.8 Å². The van der Waals surface area contributed by atoms with Gasteiger partial charge in [-0.15, -0.1) is 3.89 Å². The summed E-state index contributed by atoms with van der Waals surface area (Å²) in [5.74, 6) is -0.162. The van der Waals surface area contributed by atoms with Crippen molar-refractivity contribution in [2.75, 3.05) is 13.2 Å². The Kier molecular flexibility index (Phi) is 2.49. The molecule has 0 amide bonds. The molecule has 0 saturated carbocycles. The molecule has 66 valence electrons. The van der Waals surface area contributed by atoms with E-state index in [4.69, 9.17) is 4.74 Å². The van der Waals surface area contributed by atoms with Gasteiger partial charge in [-0.3, -0.25) is 0 Å². The van der Waals surface area contributed by atoms with Crippen LogP contribution in [0.2, 0.25) is 0 Å². The van der Waals surface area contributed by atoms with Crippen LogP contribution in [0.5, 0.6) is 0 Å². The molecule has 0 radical (unpaired) electrons. The molecule has 11 heavy (non-hydrogen) atoms. The Bertz CT molecular complexity index is 224. The number of ether oxygens (including phenoxy) is 1. The van der Waals surface area contributed by atoms with Gasteiger partial charge < -0.3 is 4.74 Å². The highest BCUT2D eigenvalue weighted by Gasteiger charge is 2.37. The fourth-order valence-corrected chi connectivity index (χ4v) is 2.26. The Morgan fingerprint density at radius 1 is 1.55 bits per heavy atom. The standard InChI is InChI=1S/C6H11FO3S/c1-2-5-3-10-4-6(5)11(7,8)9/h5-6H,2-4H2,1H3. The van der Waals surface area contributed by atoms with Crippen molar-refractivity contribution >= 4 is 10.2 Å². The van der Waals surface area contributed by atoms with Gasteiger partial charge in [0.15, 0.2) is 0 Å². The predicted molar refractivity (Wildman–Crippen MR) is 38.4 cm³/mol. The maximum absolute atomic E-state index is 12.4. The van der Waals surface area contributed by atoms with Crippen LogP contribution >= 0.6 is 0 Å². The van der Waals surface area contributed by atoms with Crippen molar-refractivity contribution in [2.45, 2.75) is 18.6 Å². The number of hydrogen-bond donors (Lipinski definition) is 0. The molecule has 1 aliphatic rings. The van der Waals surface area contributed by atoms with Crippen LogP contribution < -0.4 is 0 Å². The zero-order chi connectivity index (χ0) is 8.48. The zero-order valence-corrected chi connectivity index (χ0v) is 7.10. The Hall–Kier alpha value is -0.160. The molecule has 3 nitrogen and oxygen atoms in total. The Morgan fingerprint density at radius 2 is 2.18 bits per heavy atom. The summed E-state index contributed by atoms with van der Waals surface area (Å²) >= 11 is 0. The summed E-state index contributed by atoms with van der Waals surface area (Å²) in [6.45, 7) is 2.21. The van der Waals surface area contributed by atoms with Crippen molar-refractivity contribution in [3.8, 4) is 0 Å². The van der Waals surface area contributed by atoms with E-state index in [0.717, 1.165) is 0 Å². The van der Waals surface area contributed by atoms with Gasteiger partial charge in [0.2, 0.25) is 0 Å². The van der Waals surface area contributed by atoms with E-state index < -0.39 is 15.5 Å². The van der Waals surface area contributed by atoms with Crippen molar-refractivity contribution in [3.63, 3.8) is 0 Å². The van der Waals surface area contributed by atoms with E-state index in [1.165, 1.54) is 0 Å². The van der Waals surface area contributed by atoms with Gasteiger partial charge in [0.1, 0.15) is 5.25 Å². The van der Waals surface area contributed by atoms with Crippen LogP contribution in [0.1, 0.15) is 13.3 Å². The molecule has 0 N–H and O–H groups in total. The fraction of sp³-hybridized carbons (Fsp3) is 1.00. The summed E-state index contributed by atoms with van der Waals surface area (Å²) in [5.41, 5.74) is 0. The molecule has 1 heterocycles. The molecule has 1 fully saturated rings. The van der Waals surface area contributed by atoms with E-state index in [0.29, 0.717) is 13.0 Å². The minimum atomic E-state index is -4.39. The average molecular weight is 182 g/mol. The van der Waals surface area contributed by atoms with E-state index in [2.05, 4.69) is 0 Å². The van der Waals surface area contributed by atoms with E-state index in [1.807, 2.05) is 6.92 Å². The maximum Gasteiger partial charge on any atom is 0.307 e. The second-order valence-corrected chi connectivity index (χ2v) is 4.28. The van der Waals surface area contributed by atoms with E-state index in [9.17, 15) is 12.3 Å². The van der Waals surface area contributed by atoms with Crippen LogP contribution in [-0.2, 0) is 15.0 Å². The van der Waals surface area contributed by atoms with Crippen molar-refractivity contribution in [1.29, 1.82) is 0 Å². The first-order chi connectivity index (χ1) is 5.05. The third kappa shape index (κ3) is 1.90. The van der Waals surface area contributed by atoms with Crippen LogP contribution in [0.25, 0.3) is 0 Å². The molecule has 2 atom stereocenters. The van der Waals surface area contributed by atoms with E-state index >= 15 is 0 Å². The van der Waals surface area contributed by atoms with E-state index in [-0.39, 0.29) is 12.5 Å². The molecular weight excluding hydrogens is 171 g/mol. The molecule has 1 aliphatic heterocycles. The quantitative estimate of drug-likeness (QED) is 0.591. The highest BCUT2D eigenvalue weighted by Crippen LogP contribution is 2.24. The lowest BCUT2D eigenvalue weighted by Gasteiger charge is -2.09. The van der Waals surface area contributed by atoms with Gasteiger partial charge in [-0.2, -0.15) is 8.42 Å². The molecular formula is C6H11FO3S. The smallest absolute Gasteiger partial charge is 0.307 e. The second-order valence-electron chi connectivity index (χ2n) is 2.72. The van der Waals surface area contributed by atoms with Crippen LogP contribution in [0.3, 0.4) is 0 Å². The van der Waals surface area contributed by atoms with Gasteiger partial charge in [-0.1, -0.05) is 6.92 Å². The topological polar surface area (TPSA) is 43.4 Å². The molecule has 0 spiro atoms. The molecule has 1 rings (SSSR count). The summed E-state index contributed by atoms with van der Waals surface area (Å²) in [7, 11) is -4.39. The molecule has 0 aromatic rings. The van der Waals surface area contributed by atoms with Crippen molar-refractivity contribution < 1.29 is 17.0 Å².